The van der Waals surface area contributed by atoms with E-state index in [0.717, 1.165) is 11.3 Å². The van der Waals surface area contributed by atoms with E-state index in [1.54, 1.807) is 24.3 Å². The minimum Gasteiger partial charge on any atom is -0.482 e. The molecule has 0 unspecified atom stereocenters. The molecule has 182 valence electrons. The molecule has 1 amide bonds. The maximum atomic E-state index is 13.5. The summed E-state index contributed by atoms with van der Waals surface area (Å²) in [6, 6.07) is 24.7. The number of fused-ring (bicyclic) bond motifs is 1. The Bertz CT molecular complexity index is 1380. The standard InChI is InChI=1S/C30H28N2O4/c33-29(34)19-36-24-15-16-25-26(18-27(32-28(25)17-24)22-9-5-2-6-10-22)30(35)31-23-13-11-21(12-14-23)20-7-3-1-4-8-20/h2,5-6,9-18,20H,1,3-4,7-8,19H2,(H,31,35)(H,33,34). The molecule has 0 spiro atoms. The summed E-state index contributed by atoms with van der Waals surface area (Å²) in [5, 5.41) is 12.6. The summed E-state index contributed by atoms with van der Waals surface area (Å²) in [4.78, 5) is 29.1. The third-order valence-electron chi connectivity index (χ3n) is 6.70. The van der Waals surface area contributed by atoms with Crippen LogP contribution in [0.4, 0.5) is 5.69 Å². The first-order chi connectivity index (χ1) is 17.6. The molecule has 0 aliphatic heterocycles. The second-order valence-electron chi connectivity index (χ2n) is 9.19. The van der Waals surface area contributed by atoms with Crippen LogP contribution in [0.2, 0.25) is 0 Å². The summed E-state index contributed by atoms with van der Waals surface area (Å²) in [5.74, 6) is -0.300. The Morgan fingerprint density at radius 2 is 1.67 bits per heavy atom. The van der Waals surface area contributed by atoms with Crippen LogP contribution in [0, 0.1) is 0 Å². The molecule has 0 radical (unpaired) electrons. The van der Waals surface area contributed by atoms with Crippen LogP contribution in [0.25, 0.3) is 22.2 Å². The van der Waals surface area contributed by atoms with Crippen molar-refractivity contribution in [2.45, 2.75) is 38.0 Å². The number of carbonyl (C=O) groups is 2. The number of carboxylic acid groups (broad SMARTS) is 1. The lowest BCUT2D eigenvalue weighted by Gasteiger charge is -2.22. The number of hydrogen-bond acceptors (Lipinski definition) is 4. The van der Waals surface area contributed by atoms with Gasteiger partial charge in [-0.1, -0.05) is 61.7 Å². The Morgan fingerprint density at radius 3 is 2.39 bits per heavy atom. The summed E-state index contributed by atoms with van der Waals surface area (Å²) in [5.41, 5.74) is 4.64. The number of benzene rings is 3. The van der Waals surface area contributed by atoms with Crippen molar-refractivity contribution in [1.82, 2.24) is 4.98 Å². The van der Waals surface area contributed by atoms with Gasteiger partial charge in [0.2, 0.25) is 0 Å². The summed E-state index contributed by atoms with van der Waals surface area (Å²) in [6.45, 7) is -0.450. The number of nitrogens with zero attached hydrogens (tertiary/aromatic N) is 1. The summed E-state index contributed by atoms with van der Waals surface area (Å²) >= 11 is 0. The van der Waals surface area contributed by atoms with Crippen molar-refractivity contribution in [3.63, 3.8) is 0 Å². The van der Waals surface area contributed by atoms with Crippen LogP contribution in [-0.4, -0.2) is 28.6 Å². The highest BCUT2D eigenvalue weighted by Crippen LogP contribution is 2.33. The number of anilines is 1. The Balaban J connectivity index is 1.46. The van der Waals surface area contributed by atoms with Gasteiger partial charge in [0.25, 0.3) is 5.91 Å². The Labute approximate surface area is 210 Å². The van der Waals surface area contributed by atoms with Crippen molar-refractivity contribution in [2.75, 3.05) is 11.9 Å². The first-order valence-electron chi connectivity index (χ1n) is 12.3. The van der Waals surface area contributed by atoms with Crippen LogP contribution >= 0.6 is 0 Å². The van der Waals surface area contributed by atoms with E-state index in [2.05, 4.69) is 17.4 Å². The van der Waals surface area contributed by atoms with E-state index < -0.39 is 12.6 Å². The number of pyridine rings is 1. The lowest BCUT2D eigenvalue weighted by Crippen LogP contribution is -2.13. The summed E-state index contributed by atoms with van der Waals surface area (Å²) in [7, 11) is 0. The molecule has 6 heteroatoms. The third kappa shape index (κ3) is 5.38. The number of ether oxygens (including phenoxy) is 1. The van der Waals surface area contributed by atoms with Crippen molar-refractivity contribution in [1.29, 1.82) is 0 Å². The number of hydrogen-bond donors (Lipinski definition) is 2. The zero-order chi connectivity index (χ0) is 24.9. The number of nitrogens with one attached hydrogen (secondary N) is 1. The van der Waals surface area contributed by atoms with Gasteiger partial charge in [0.05, 0.1) is 16.8 Å². The molecule has 1 fully saturated rings. The van der Waals surface area contributed by atoms with Gasteiger partial charge in [-0.25, -0.2) is 9.78 Å². The smallest absolute Gasteiger partial charge is 0.341 e. The number of carbonyl (C=O) groups excluding carboxylic acids is 1. The number of rotatable bonds is 7. The first-order valence-corrected chi connectivity index (χ1v) is 12.3. The maximum Gasteiger partial charge on any atom is 0.341 e. The van der Waals surface area contributed by atoms with E-state index >= 15 is 0 Å². The van der Waals surface area contributed by atoms with Crippen molar-refractivity contribution in [3.05, 3.63) is 90.0 Å². The average Bonchev–Trinajstić information content (AvgIpc) is 2.92. The molecule has 36 heavy (non-hydrogen) atoms. The Kier molecular flexibility index (Phi) is 6.94. The normalized spacial score (nSPS) is 13.9. The SMILES string of the molecule is O=C(O)COc1ccc2c(C(=O)Nc3ccc(C4CCCCC4)cc3)cc(-c3ccccc3)nc2c1. The van der Waals surface area contributed by atoms with Crippen LogP contribution in [0.15, 0.2) is 78.9 Å². The van der Waals surface area contributed by atoms with Gasteiger partial charge in [0.15, 0.2) is 6.61 Å². The summed E-state index contributed by atoms with van der Waals surface area (Å²) in [6.07, 6.45) is 6.35. The van der Waals surface area contributed by atoms with E-state index in [1.807, 2.05) is 42.5 Å². The average molecular weight is 481 g/mol. The monoisotopic (exact) mass is 480 g/mol. The molecule has 1 saturated carbocycles. The fourth-order valence-corrected chi connectivity index (χ4v) is 4.86. The number of aromatic nitrogens is 1. The second-order valence-corrected chi connectivity index (χ2v) is 9.19. The lowest BCUT2D eigenvalue weighted by atomic mass is 9.84. The second kappa shape index (κ2) is 10.6. The van der Waals surface area contributed by atoms with Gasteiger partial charge in [0, 0.05) is 22.7 Å². The van der Waals surface area contributed by atoms with Gasteiger partial charge in [-0.3, -0.25) is 4.79 Å². The Morgan fingerprint density at radius 1 is 0.917 bits per heavy atom. The Hall–Kier alpha value is -4.19. The molecule has 0 bridgehead atoms. The molecular formula is C30H28N2O4. The zero-order valence-corrected chi connectivity index (χ0v) is 19.9. The van der Waals surface area contributed by atoms with Crippen LogP contribution < -0.4 is 10.1 Å². The van der Waals surface area contributed by atoms with Gasteiger partial charge in [0.1, 0.15) is 5.75 Å². The minimum absolute atomic E-state index is 0.232. The van der Waals surface area contributed by atoms with Gasteiger partial charge >= 0.3 is 5.97 Å². The van der Waals surface area contributed by atoms with E-state index in [0.29, 0.717) is 33.8 Å². The molecule has 0 saturated heterocycles. The maximum absolute atomic E-state index is 13.5. The van der Waals surface area contributed by atoms with Gasteiger partial charge < -0.3 is 15.2 Å². The van der Waals surface area contributed by atoms with Crippen molar-refractivity contribution in [2.24, 2.45) is 0 Å². The quantitative estimate of drug-likeness (QED) is 0.309. The fraction of sp³-hybridized carbons (Fsp3) is 0.233. The number of carboxylic acids is 1. The van der Waals surface area contributed by atoms with E-state index in [4.69, 9.17) is 14.8 Å². The molecule has 1 aliphatic carbocycles. The van der Waals surface area contributed by atoms with E-state index in [1.165, 1.54) is 37.7 Å². The lowest BCUT2D eigenvalue weighted by molar-refractivity contribution is -0.139. The molecule has 1 aromatic heterocycles. The molecule has 3 aromatic carbocycles. The van der Waals surface area contributed by atoms with Crippen LogP contribution in [-0.2, 0) is 4.79 Å². The highest BCUT2D eigenvalue weighted by atomic mass is 16.5. The fourth-order valence-electron chi connectivity index (χ4n) is 4.86. The minimum atomic E-state index is -1.06. The van der Waals surface area contributed by atoms with Crippen molar-refractivity contribution >= 4 is 28.5 Å². The molecule has 1 heterocycles. The predicted octanol–water partition coefficient (Wildman–Crippen LogP) is 6.67. The van der Waals surface area contributed by atoms with Crippen LogP contribution in [0.5, 0.6) is 5.75 Å². The highest BCUT2D eigenvalue weighted by molar-refractivity contribution is 6.13. The predicted molar refractivity (Wildman–Crippen MR) is 141 cm³/mol. The van der Waals surface area contributed by atoms with E-state index in [9.17, 15) is 9.59 Å². The largest absolute Gasteiger partial charge is 0.482 e. The van der Waals surface area contributed by atoms with Crippen molar-refractivity contribution in [3.8, 4) is 17.0 Å². The highest BCUT2D eigenvalue weighted by Gasteiger charge is 2.17. The molecule has 4 aromatic rings. The topological polar surface area (TPSA) is 88.5 Å². The van der Waals surface area contributed by atoms with Crippen molar-refractivity contribution < 1.29 is 19.4 Å². The molecular weight excluding hydrogens is 452 g/mol. The number of aliphatic carboxylic acids is 1. The zero-order valence-electron chi connectivity index (χ0n) is 19.9. The summed E-state index contributed by atoms with van der Waals surface area (Å²) < 4.78 is 5.34. The van der Waals surface area contributed by atoms with Gasteiger partial charge in [-0.05, 0) is 54.7 Å². The first kappa shape index (κ1) is 23.5. The van der Waals surface area contributed by atoms with Gasteiger partial charge in [-0.2, -0.15) is 0 Å². The van der Waals surface area contributed by atoms with Crippen LogP contribution in [0.1, 0.15) is 53.9 Å². The molecule has 1 aliphatic rings. The van der Waals surface area contributed by atoms with Crippen LogP contribution in [0.3, 0.4) is 0 Å². The number of amides is 1. The third-order valence-corrected chi connectivity index (χ3v) is 6.70. The molecule has 2 N–H and O–H groups in total. The molecule has 6 nitrogen and oxygen atoms in total. The molecule has 5 rings (SSSR count). The molecule has 0 atom stereocenters. The van der Waals surface area contributed by atoms with Gasteiger partial charge in [-0.15, -0.1) is 0 Å². The van der Waals surface area contributed by atoms with E-state index in [-0.39, 0.29) is 5.91 Å².